The Hall–Kier alpha value is -0.640. The standard InChI is InChI=1S/C7HCl3N2O/c8-2-1-3(9)5-6(4(2)10)12-7(13)11-5/h1H. The van der Waals surface area contributed by atoms with E-state index >= 15 is 0 Å². The molecule has 0 fully saturated rings. The molecule has 0 saturated heterocycles. The predicted molar refractivity (Wildman–Crippen MR) is 49.2 cm³/mol. The van der Waals surface area contributed by atoms with Crippen LogP contribution in [0.4, 0.5) is 4.79 Å². The van der Waals surface area contributed by atoms with Crippen LogP contribution in [0.25, 0.3) is 0 Å². The third-order valence-electron chi connectivity index (χ3n) is 1.54. The molecule has 1 aliphatic heterocycles. The number of amides is 2. The van der Waals surface area contributed by atoms with Gasteiger partial charge in [0.15, 0.2) is 0 Å². The molecule has 0 radical (unpaired) electrons. The van der Waals surface area contributed by atoms with Gasteiger partial charge in [0.2, 0.25) is 0 Å². The molecule has 0 aromatic heterocycles. The minimum atomic E-state index is -0.610. The van der Waals surface area contributed by atoms with Crippen molar-refractivity contribution in [3.63, 3.8) is 0 Å². The van der Waals surface area contributed by atoms with E-state index in [4.69, 9.17) is 34.8 Å². The second kappa shape index (κ2) is 2.94. The molecular weight excluding hydrogens is 234 g/mol. The molecule has 0 bridgehead atoms. The van der Waals surface area contributed by atoms with E-state index in [0.29, 0.717) is 5.36 Å². The summed E-state index contributed by atoms with van der Waals surface area (Å²) in [6, 6.07) is 0.822. The minimum absolute atomic E-state index is 0.204. The highest BCUT2D eigenvalue weighted by molar-refractivity contribution is 6.43. The van der Waals surface area contributed by atoms with Crippen molar-refractivity contribution < 1.29 is 4.79 Å². The number of carbonyl (C=O) groups excluding carboxylic acids is 1. The van der Waals surface area contributed by atoms with Gasteiger partial charge < -0.3 is 0 Å². The first kappa shape index (κ1) is 8.94. The van der Waals surface area contributed by atoms with E-state index in [1.54, 1.807) is 0 Å². The quantitative estimate of drug-likeness (QED) is 0.634. The van der Waals surface area contributed by atoms with Crippen molar-refractivity contribution in [1.82, 2.24) is 0 Å². The first-order valence-electron chi connectivity index (χ1n) is 3.24. The second-order valence-corrected chi connectivity index (χ2v) is 3.55. The van der Waals surface area contributed by atoms with Crippen LogP contribution in [-0.4, -0.2) is 6.03 Å². The van der Waals surface area contributed by atoms with Gasteiger partial charge in [0.05, 0.1) is 15.1 Å². The number of hydrogen-bond acceptors (Lipinski definition) is 1. The number of hydrogen-bond donors (Lipinski definition) is 0. The molecule has 1 aliphatic rings. The van der Waals surface area contributed by atoms with Crippen LogP contribution in [-0.2, 0) is 0 Å². The van der Waals surface area contributed by atoms with Crippen molar-refractivity contribution in [2.45, 2.75) is 0 Å². The molecule has 2 amide bonds. The number of halogens is 3. The molecule has 3 nitrogen and oxygen atoms in total. The van der Waals surface area contributed by atoms with Gasteiger partial charge in [-0.25, -0.2) is 4.79 Å². The van der Waals surface area contributed by atoms with Gasteiger partial charge in [0.25, 0.3) is 0 Å². The van der Waals surface area contributed by atoms with Gasteiger partial charge in [0, 0.05) is 0 Å². The van der Waals surface area contributed by atoms with Crippen LogP contribution in [0, 0.1) is 0 Å². The van der Waals surface area contributed by atoms with Crippen molar-refractivity contribution in [3.05, 3.63) is 31.8 Å². The van der Waals surface area contributed by atoms with Gasteiger partial charge in [-0.3, -0.25) is 0 Å². The smallest absolute Gasteiger partial charge is 0.244 e. The molecule has 0 unspecified atom stereocenters. The Morgan fingerprint density at radius 1 is 1.00 bits per heavy atom. The molecule has 6 heteroatoms. The lowest BCUT2D eigenvalue weighted by Gasteiger charge is -1.94. The van der Waals surface area contributed by atoms with Crippen LogP contribution in [0.5, 0.6) is 0 Å². The second-order valence-electron chi connectivity index (χ2n) is 2.36. The molecule has 2 rings (SSSR count). The normalized spacial score (nSPS) is 13.6. The lowest BCUT2D eigenvalue weighted by Crippen LogP contribution is -2.24. The highest BCUT2D eigenvalue weighted by atomic mass is 35.5. The summed E-state index contributed by atoms with van der Waals surface area (Å²) >= 11 is 17.3. The zero-order valence-corrected chi connectivity index (χ0v) is 8.28. The first-order chi connectivity index (χ1) is 6.09. The highest BCUT2D eigenvalue weighted by Crippen LogP contribution is 2.19. The average molecular weight is 235 g/mol. The summed E-state index contributed by atoms with van der Waals surface area (Å²) in [5, 5.41) is 1.29. The van der Waals surface area contributed by atoms with Crippen LogP contribution < -0.4 is 10.7 Å². The lowest BCUT2D eigenvalue weighted by atomic mass is 10.3. The van der Waals surface area contributed by atoms with Crippen LogP contribution in [0.15, 0.2) is 16.1 Å². The number of rotatable bonds is 0. The number of urea groups is 1. The molecule has 1 aromatic carbocycles. The molecular formula is C7HCl3N2O. The molecule has 1 heterocycles. The van der Waals surface area contributed by atoms with Crippen molar-refractivity contribution in [2.24, 2.45) is 9.98 Å². The van der Waals surface area contributed by atoms with Gasteiger partial charge in [-0.2, -0.15) is 9.98 Å². The molecule has 1 aromatic rings. The van der Waals surface area contributed by atoms with E-state index in [-0.39, 0.29) is 20.4 Å². The van der Waals surface area contributed by atoms with Crippen LogP contribution in [0.3, 0.4) is 0 Å². The Balaban J connectivity index is 3.02. The Bertz CT molecular complexity index is 524. The van der Waals surface area contributed by atoms with Crippen molar-refractivity contribution >= 4 is 40.8 Å². The Morgan fingerprint density at radius 2 is 1.62 bits per heavy atom. The Morgan fingerprint density at radius 3 is 2.31 bits per heavy atom. The number of carbonyl (C=O) groups is 1. The fourth-order valence-electron chi connectivity index (χ4n) is 0.998. The van der Waals surface area contributed by atoms with Crippen LogP contribution >= 0.6 is 34.8 Å². The zero-order valence-electron chi connectivity index (χ0n) is 6.01. The van der Waals surface area contributed by atoms with Gasteiger partial charge in [0.1, 0.15) is 10.7 Å². The fraction of sp³-hybridized carbons (Fsp3) is 0. The number of fused-ring (bicyclic) bond motifs is 1. The Kier molecular flexibility index (Phi) is 2.02. The summed E-state index contributed by atoms with van der Waals surface area (Å²) in [5.74, 6) is 0. The SMILES string of the molecule is O=C1N=c2c(Cl)cc(Cl)c(Cl)c2=N1. The van der Waals surface area contributed by atoms with Crippen molar-refractivity contribution in [1.29, 1.82) is 0 Å². The summed E-state index contributed by atoms with van der Waals surface area (Å²) in [4.78, 5) is 18.0. The van der Waals surface area contributed by atoms with Gasteiger partial charge in [-0.1, -0.05) is 34.8 Å². The summed E-state index contributed by atoms with van der Waals surface area (Å²) in [7, 11) is 0. The molecule has 0 saturated carbocycles. The molecule has 0 aliphatic carbocycles. The monoisotopic (exact) mass is 234 g/mol. The maximum Gasteiger partial charge on any atom is 0.368 e. The van der Waals surface area contributed by atoms with E-state index in [0.717, 1.165) is 0 Å². The van der Waals surface area contributed by atoms with E-state index in [1.165, 1.54) is 6.07 Å². The van der Waals surface area contributed by atoms with Crippen LogP contribution in [0.2, 0.25) is 15.1 Å². The molecule has 0 atom stereocenters. The van der Waals surface area contributed by atoms with Gasteiger partial charge in [-0.05, 0) is 6.07 Å². The van der Waals surface area contributed by atoms with E-state index in [9.17, 15) is 4.79 Å². The largest absolute Gasteiger partial charge is 0.368 e. The summed E-state index contributed by atoms with van der Waals surface area (Å²) in [6.07, 6.45) is 0. The highest BCUT2D eigenvalue weighted by Gasteiger charge is 2.13. The average Bonchev–Trinajstić information content (AvgIpc) is 2.44. The lowest BCUT2D eigenvalue weighted by molar-refractivity contribution is 0.256. The maximum absolute atomic E-state index is 10.8. The van der Waals surface area contributed by atoms with Crippen molar-refractivity contribution in [2.75, 3.05) is 0 Å². The van der Waals surface area contributed by atoms with Gasteiger partial charge in [-0.15, -0.1) is 0 Å². The fourth-order valence-corrected chi connectivity index (χ4v) is 1.68. The molecule has 13 heavy (non-hydrogen) atoms. The summed E-state index contributed by atoms with van der Waals surface area (Å²) in [6.45, 7) is 0. The topological polar surface area (TPSA) is 41.8 Å². The van der Waals surface area contributed by atoms with Crippen LogP contribution in [0.1, 0.15) is 0 Å². The van der Waals surface area contributed by atoms with E-state index in [2.05, 4.69) is 9.98 Å². The number of benzene rings is 1. The van der Waals surface area contributed by atoms with E-state index in [1.807, 2.05) is 0 Å². The third kappa shape index (κ3) is 1.33. The summed E-state index contributed by atoms with van der Waals surface area (Å²) < 4.78 is 0. The van der Waals surface area contributed by atoms with E-state index < -0.39 is 6.03 Å². The first-order valence-corrected chi connectivity index (χ1v) is 4.38. The molecule has 0 spiro atoms. The minimum Gasteiger partial charge on any atom is -0.244 e. The van der Waals surface area contributed by atoms with Crippen molar-refractivity contribution in [3.8, 4) is 0 Å². The Labute approximate surface area is 87.7 Å². The number of nitrogens with zero attached hydrogens (tertiary/aromatic N) is 2. The predicted octanol–water partition coefficient (Wildman–Crippen LogP) is 2.02. The molecule has 66 valence electrons. The third-order valence-corrected chi connectivity index (χ3v) is 2.60. The summed E-state index contributed by atoms with van der Waals surface area (Å²) in [5.41, 5.74) is 0. The zero-order chi connectivity index (χ0) is 9.59. The van der Waals surface area contributed by atoms with Gasteiger partial charge >= 0.3 is 6.03 Å². The maximum atomic E-state index is 10.8. The molecule has 0 N–H and O–H groups in total.